The van der Waals surface area contributed by atoms with Gasteiger partial charge in [0.2, 0.25) is 0 Å². The first-order valence-corrected chi connectivity index (χ1v) is 8.09. The van der Waals surface area contributed by atoms with Gasteiger partial charge in [0.15, 0.2) is 0 Å². The summed E-state index contributed by atoms with van der Waals surface area (Å²) in [6.45, 7) is 2.90. The predicted molar refractivity (Wildman–Crippen MR) is 85.6 cm³/mol. The zero-order chi connectivity index (χ0) is 14.3. The number of benzene rings is 1. The van der Waals surface area contributed by atoms with Crippen molar-refractivity contribution in [1.29, 1.82) is 0 Å². The van der Waals surface area contributed by atoms with Crippen molar-refractivity contribution in [3.63, 3.8) is 0 Å². The minimum atomic E-state index is 0.0733. The highest BCUT2D eigenvalue weighted by Gasteiger charge is 2.34. The van der Waals surface area contributed by atoms with Gasteiger partial charge in [-0.05, 0) is 37.5 Å². The van der Waals surface area contributed by atoms with Gasteiger partial charge in [0.1, 0.15) is 4.88 Å². The zero-order valence-electron chi connectivity index (χ0n) is 11.4. The molecule has 106 valence electrons. The van der Waals surface area contributed by atoms with Crippen molar-refractivity contribution in [1.82, 2.24) is 4.90 Å². The minimum Gasteiger partial charge on any atom is -0.397 e. The van der Waals surface area contributed by atoms with E-state index in [2.05, 4.69) is 6.92 Å². The number of carbonyl (C=O) groups is 1. The molecule has 1 aliphatic rings. The molecule has 1 saturated carbocycles. The Kier molecular flexibility index (Phi) is 3.61. The number of rotatable bonds is 4. The Hall–Kier alpha value is -1.26. The molecule has 0 bridgehead atoms. The van der Waals surface area contributed by atoms with E-state index in [4.69, 9.17) is 17.3 Å². The lowest BCUT2D eigenvalue weighted by Crippen LogP contribution is -2.33. The van der Waals surface area contributed by atoms with E-state index in [1.807, 2.05) is 23.1 Å². The Morgan fingerprint density at radius 3 is 2.90 bits per heavy atom. The van der Waals surface area contributed by atoms with Crippen LogP contribution in [-0.4, -0.2) is 23.4 Å². The molecule has 1 heterocycles. The first-order valence-electron chi connectivity index (χ1n) is 6.90. The average molecular weight is 309 g/mol. The second-order valence-electron chi connectivity index (χ2n) is 5.22. The first-order chi connectivity index (χ1) is 9.61. The van der Waals surface area contributed by atoms with Gasteiger partial charge < -0.3 is 10.6 Å². The summed E-state index contributed by atoms with van der Waals surface area (Å²) >= 11 is 7.47. The van der Waals surface area contributed by atoms with Crippen LogP contribution in [0.25, 0.3) is 10.1 Å². The van der Waals surface area contributed by atoms with Gasteiger partial charge in [0.25, 0.3) is 5.91 Å². The molecule has 3 nitrogen and oxygen atoms in total. The highest BCUT2D eigenvalue weighted by atomic mass is 35.5. The van der Waals surface area contributed by atoms with Gasteiger partial charge in [-0.2, -0.15) is 0 Å². The molecule has 1 amide bonds. The van der Waals surface area contributed by atoms with E-state index in [1.54, 1.807) is 0 Å². The molecule has 2 N–H and O–H groups in total. The predicted octanol–water partition coefficient (Wildman–Crippen LogP) is 4.15. The van der Waals surface area contributed by atoms with Crippen LogP contribution in [0, 0.1) is 0 Å². The lowest BCUT2D eigenvalue weighted by atomic mass is 10.2. The van der Waals surface area contributed by atoms with Crippen molar-refractivity contribution < 1.29 is 4.79 Å². The second kappa shape index (κ2) is 5.26. The number of nitrogens with zero attached hydrogens (tertiary/aromatic N) is 1. The molecule has 5 heteroatoms. The van der Waals surface area contributed by atoms with Crippen molar-refractivity contribution in [3.05, 3.63) is 28.1 Å². The highest BCUT2D eigenvalue weighted by molar-refractivity contribution is 7.21. The Bertz CT molecular complexity index is 663. The SMILES string of the molecule is CCCN(C(=O)c1sc2ccc(Cl)cc2c1N)C1CC1. The van der Waals surface area contributed by atoms with Gasteiger partial charge in [0, 0.05) is 27.7 Å². The lowest BCUT2D eigenvalue weighted by molar-refractivity contribution is 0.0749. The van der Waals surface area contributed by atoms with Gasteiger partial charge in [-0.25, -0.2) is 0 Å². The van der Waals surface area contributed by atoms with Crippen LogP contribution in [0.15, 0.2) is 18.2 Å². The van der Waals surface area contributed by atoms with E-state index < -0.39 is 0 Å². The van der Waals surface area contributed by atoms with Crippen LogP contribution in [0.3, 0.4) is 0 Å². The van der Waals surface area contributed by atoms with E-state index in [9.17, 15) is 4.79 Å². The number of carbonyl (C=O) groups excluding carboxylic acids is 1. The number of fused-ring (bicyclic) bond motifs is 1. The Balaban J connectivity index is 2.00. The summed E-state index contributed by atoms with van der Waals surface area (Å²) in [6, 6.07) is 6.01. The molecule has 1 aromatic carbocycles. The van der Waals surface area contributed by atoms with Crippen molar-refractivity contribution >= 4 is 44.6 Å². The molecule has 1 fully saturated rings. The number of halogens is 1. The van der Waals surface area contributed by atoms with Crippen LogP contribution in [-0.2, 0) is 0 Å². The van der Waals surface area contributed by atoms with Crippen molar-refractivity contribution in [2.75, 3.05) is 12.3 Å². The van der Waals surface area contributed by atoms with Gasteiger partial charge in [-0.15, -0.1) is 11.3 Å². The lowest BCUT2D eigenvalue weighted by Gasteiger charge is -2.21. The molecule has 0 atom stereocenters. The molecular weight excluding hydrogens is 292 g/mol. The summed E-state index contributed by atoms with van der Waals surface area (Å²) in [7, 11) is 0. The fourth-order valence-corrected chi connectivity index (χ4v) is 3.69. The number of hydrogen-bond acceptors (Lipinski definition) is 3. The summed E-state index contributed by atoms with van der Waals surface area (Å²) in [4.78, 5) is 15.3. The highest BCUT2D eigenvalue weighted by Crippen LogP contribution is 2.38. The number of nitrogens with two attached hydrogens (primary N) is 1. The number of thiophene rings is 1. The van der Waals surface area contributed by atoms with Gasteiger partial charge in [0.05, 0.1) is 5.69 Å². The Labute approximate surface area is 127 Å². The molecule has 0 spiro atoms. The molecular formula is C15H17ClN2OS. The van der Waals surface area contributed by atoms with E-state index in [0.29, 0.717) is 21.6 Å². The maximum Gasteiger partial charge on any atom is 0.266 e. The largest absolute Gasteiger partial charge is 0.397 e. The first kappa shape index (κ1) is 13.7. The fraction of sp³-hybridized carbons (Fsp3) is 0.400. The average Bonchev–Trinajstić information content (AvgIpc) is 3.22. The minimum absolute atomic E-state index is 0.0733. The third kappa shape index (κ3) is 2.38. The van der Waals surface area contributed by atoms with Crippen LogP contribution in [0.1, 0.15) is 35.9 Å². The van der Waals surface area contributed by atoms with Crippen LogP contribution >= 0.6 is 22.9 Å². The van der Waals surface area contributed by atoms with Gasteiger partial charge >= 0.3 is 0 Å². The number of nitrogen functional groups attached to an aromatic ring is 1. The fourth-order valence-electron chi connectivity index (χ4n) is 2.46. The van der Waals surface area contributed by atoms with Crippen LogP contribution < -0.4 is 5.73 Å². The van der Waals surface area contributed by atoms with Crippen LogP contribution in [0.4, 0.5) is 5.69 Å². The molecule has 2 aromatic rings. The molecule has 0 radical (unpaired) electrons. The monoisotopic (exact) mass is 308 g/mol. The molecule has 0 unspecified atom stereocenters. The van der Waals surface area contributed by atoms with Gasteiger partial charge in [-0.3, -0.25) is 4.79 Å². The summed E-state index contributed by atoms with van der Waals surface area (Å²) in [5, 5.41) is 1.53. The Morgan fingerprint density at radius 1 is 1.50 bits per heavy atom. The maximum absolute atomic E-state index is 12.7. The van der Waals surface area contributed by atoms with E-state index in [0.717, 1.165) is 35.9 Å². The standard InChI is InChI=1S/C15H17ClN2OS/c1-2-7-18(10-4-5-10)15(19)14-13(17)11-8-9(16)3-6-12(11)20-14/h3,6,8,10H,2,4-5,7,17H2,1H3. The summed E-state index contributed by atoms with van der Waals surface area (Å²) in [6.07, 6.45) is 3.20. The molecule has 20 heavy (non-hydrogen) atoms. The van der Waals surface area contributed by atoms with Crippen LogP contribution in [0.2, 0.25) is 5.02 Å². The molecule has 1 aliphatic carbocycles. The quantitative estimate of drug-likeness (QED) is 0.922. The topological polar surface area (TPSA) is 46.3 Å². The van der Waals surface area contributed by atoms with E-state index >= 15 is 0 Å². The van der Waals surface area contributed by atoms with Crippen molar-refractivity contribution in [3.8, 4) is 0 Å². The van der Waals surface area contributed by atoms with Gasteiger partial charge in [-0.1, -0.05) is 18.5 Å². The third-order valence-electron chi connectivity index (χ3n) is 3.60. The Morgan fingerprint density at radius 2 is 2.25 bits per heavy atom. The van der Waals surface area contributed by atoms with E-state index in [1.165, 1.54) is 11.3 Å². The molecule has 1 aromatic heterocycles. The smallest absolute Gasteiger partial charge is 0.266 e. The number of hydrogen-bond donors (Lipinski definition) is 1. The summed E-state index contributed by atoms with van der Waals surface area (Å²) in [5.41, 5.74) is 6.74. The maximum atomic E-state index is 12.7. The zero-order valence-corrected chi connectivity index (χ0v) is 12.9. The van der Waals surface area contributed by atoms with Crippen LogP contribution in [0.5, 0.6) is 0 Å². The second-order valence-corrected chi connectivity index (χ2v) is 6.70. The molecule has 0 aliphatic heterocycles. The van der Waals surface area contributed by atoms with Crippen molar-refractivity contribution in [2.24, 2.45) is 0 Å². The van der Waals surface area contributed by atoms with E-state index in [-0.39, 0.29) is 5.91 Å². The summed E-state index contributed by atoms with van der Waals surface area (Å²) < 4.78 is 1.02. The number of amides is 1. The molecule has 0 saturated heterocycles. The number of anilines is 1. The third-order valence-corrected chi connectivity index (χ3v) is 5.01. The normalized spacial score (nSPS) is 14.7. The molecule has 3 rings (SSSR count). The summed E-state index contributed by atoms with van der Waals surface area (Å²) in [5.74, 6) is 0.0733. The van der Waals surface area contributed by atoms with Crippen molar-refractivity contribution in [2.45, 2.75) is 32.2 Å².